The van der Waals surface area contributed by atoms with Gasteiger partial charge >= 0.3 is 6.18 Å². The van der Waals surface area contributed by atoms with E-state index in [1.165, 1.54) is 11.8 Å². The Kier molecular flexibility index (Phi) is 6.93. The maximum atomic E-state index is 13.5. The van der Waals surface area contributed by atoms with Crippen molar-refractivity contribution in [1.29, 1.82) is 0 Å². The molecule has 4 rings (SSSR count). The van der Waals surface area contributed by atoms with E-state index in [9.17, 15) is 18.0 Å². The molecule has 1 unspecified atom stereocenters. The number of likely N-dealkylation sites (tertiary alicyclic amines) is 1. The number of rotatable bonds is 5. The van der Waals surface area contributed by atoms with Crippen molar-refractivity contribution >= 4 is 23.5 Å². The van der Waals surface area contributed by atoms with E-state index in [0.717, 1.165) is 56.8 Å². The van der Waals surface area contributed by atoms with Crippen LogP contribution in [-0.2, 0) is 11.9 Å². The van der Waals surface area contributed by atoms with Gasteiger partial charge in [-0.3, -0.25) is 4.79 Å². The molecule has 172 valence electrons. The molecule has 1 aromatic heterocycles. The Hall–Kier alpha value is -2.29. The summed E-state index contributed by atoms with van der Waals surface area (Å²) in [6.45, 7) is 4.31. The van der Waals surface area contributed by atoms with Crippen molar-refractivity contribution in [2.75, 3.05) is 24.5 Å². The summed E-state index contributed by atoms with van der Waals surface area (Å²) >= 11 is 1.18. The van der Waals surface area contributed by atoms with Crippen molar-refractivity contribution in [2.45, 2.75) is 62.2 Å². The monoisotopic (exact) mass is 464 g/mol. The Morgan fingerprint density at radius 3 is 2.41 bits per heavy atom. The van der Waals surface area contributed by atoms with E-state index < -0.39 is 11.9 Å². The first-order chi connectivity index (χ1) is 15.3. The Morgan fingerprint density at radius 2 is 1.75 bits per heavy atom. The van der Waals surface area contributed by atoms with Gasteiger partial charge in [0.1, 0.15) is 5.82 Å². The first-order valence-electron chi connectivity index (χ1n) is 11.1. The summed E-state index contributed by atoms with van der Waals surface area (Å²) in [5.41, 5.74) is 0.633. The first kappa shape index (κ1) is 22.9. The number of benzene rings is 1. The highest BCUT2D eigenvalue weighted by Crippen LogP contribution is 2.34. The summed E-state index contributed by atoms with van der Waals surface area (Å²) in [4.78, 5) is 24.5. The lowest BCUT2D eigenvalue weighted by Crippen LogP contribution is -2.38. The van der Waals surface area contributed by atoms with Gasteiger partial charge in [0.15, 0.2) is 10.9 Å². The maximum absolute atomic E-state index is 13.5. The average Bonchev–Trinajstić information content (AvgIpc) is 3.32. The second kappa shape index (κ2) is 9.68. The third-order valence-corrected chi connectivity index (χ3v) is 6.96. The average molecular weight is 465 g/mol. The van der Waals surface area contributed by atoms with Crippen LogP contribution in [0.25, 0.3) is 0 Å². The molecule has 0 saturated carbocycles. The van der Waals surface area contributed by atoms with Gasteiger partial charge in [-0.15, -0.1) is 0 Å². The number of aromatic nitrogens is 2. The highest BCUT2D eigenvalue weighted by Gasteiger charge is 2.35. The number of piperidine rings is 1. The van der Waals surface area contributed by atoms with Gasteiger partial charge in [-0.05, 0) is 56.7 Å². The van der Waals surface area contributed by atoms with Crippen LogP contribution in [0.4, 0.5) is 19.0 Å². The summed E-state index contributed by atoms with van der Waals surface area (Å²) in [5, 5.41) is 0.116. The number of carbonyl (C=O) groups is 1. The standard InChI is InChI=1S/C23H27F3N4OS/c1-16-6-2-3-13-30(16)20-14-19(23(24,25)26)27-22(28-20)32-15-17-7-9-18(10-8-17)21(31)29-11-4-5-12-29/h7-10,14,16H,2-6,11-13,15H2,1H3. The van der Waals surface area contributed by atoms with Gasteiger partial charge in [0.05, 0.1) is 0 Å². The van der Waals surface area contributed by atoms with E-state index >= 15 is 0 Å². The number of amides is 1. The van der Waals surface area contributed by atoms with Crippen LogP contribution >= 0.6 is 11.8 Å². The predicted molar refractivity (Wildman–Crippen MR) is 119 cm³/mol. The Morgan fingerprint density at radius 1 is 1.06 bits per heavy atom. The van der Waals surface area contributed by atoms with Crippen LogP contribution in [-0.4, -0.2) is 46.5 Å². The molecule has 1 aromatic carbocycles. The summed E-state index contributed by atoms with van der Waals surface area (Å²) < 4.78 is 40.4. The molecule has 32 heavy (non-hydrogen) atoms. The van der Waals surface area contributed by atoms with E-state index in [-0.39, 0.29) is 17.1 Å². The lowest BCUT2D eigenvalue weighted by Gasteiger charge is -2.34. The molecule has 0 radical (unpaired) electrons. The maximum Gasteiger partial charge on any atom is 0.433 e. The molecular weight excluding hydrogens is 437 g/mol. The third-order valence-electron chi connectivity index (χ3n) is 6.04. The SMILES string of the molecule is CC1CCCCN1c1cc(C(F)(F)F)nc(SCc2ccc(C(=O)N3CCCC3)cc2)n1. The van der Waals surface area contributed by atoms with Crippen molar-refractivity contribution < 1.29 is 18.0 Å². The van der Waals surface area contributed by atoms with Gasteiger partial charge in [-0.1, -0.05) is 23.9 Å². The predicted octanol–water partition coefficient (Wildman–Crippen LogP) is 5.40. The zero-order valence-electron chi connectivity index (χ0n) is 18.1. The van der Waals surface area contributed by atoms with Crippen LogP contribution in [0, 0.1) is 0 Å². The summed E-state index contributed by atoms with van der Waals surface area (Å²) in [7, 11) is 0. The van der Waals surface area contributed by atoms with Crippen molar-refractivity contribution in [3.63, 3.8) is 0 Å². The van der Waals surface area contributed by atoms with E-state index in [1.807, 2.05) is 28.9 Å². The molecule has 2 aliphatic rings. The number of hydrogen-bond donors (Lipinski definition) is 0. The van der Waals surface area contributed by atoms with Crippen molar-refractivity contribution in [1.82, 2.24) is 14.9 Å². The molecule has 1 amide bonds. The number of anilines is 1. The molecule has 9 heteroatoms. The molecule has 0 spiro atoms. The quantitative estimate of drug-likeness (QED) is 0.438. The highest BCUT2D eigenvalue weighted by molar-refractivity contribution is 7.98. The van der Waals surface area contributed by atoms with Crippen LogP contribution in [0.5, 0.6) is 0 Å². The molecule has 2 fully saturated rings. The molecule has 3 heterocycles. The summed E-state index contributed by atoms with van der Waals surface area (Å²) in [6.07, 6.45) is 0.513. The minimum absolute atomic E-state index is 0.0307. The first-order valence-corrected chi connectivity index (χ1v) is 12.0. The number of halogens is 3. The fourth-order valence-electron chi connectivity index (χ4n) is 4.20. The van der Waals surface area contributed by atoms with Gasteiger partial charge in [-0.2, -0.15) is 13.2 Å². The van der Waals surface area contributed by atoms with Crippen LogP contribution in [0.3, 0.4) is 0 Å². The fourth-order valence-corrected chi connectivity index (χ4v) is 5.01. The minimum atomic E-state index is -4.52. The second-order valence-corrected chi connectivity index (χ2v) is 9.36. The largest absolute Gasteiger partial charge is 0.433 e. The number of hydrogen-bond acceptors (Lipinski definition) is 5. The summed E-state index contributed by atoms with van der Waals surface area (Å²) in [6, 6.07) is 8.47. The number of thioether (sulfide) groups is 1. The zero-order chi connectivity index (χ0) is 22.7. The van der Waals surface area contributed by atoms with E-state index in [4.69, 9.17) is 0 Å². The number of nitrogens with zero attached hydrogens (tertiary/aromatic N) is 4. The molecule has 2 aromatic rings. The minimum Gasteiger partial charge on any atom is -0.354 e. The van der Waals surface area contributed by atoms with Crippen LogP contribution in [0.15, 0.2) is 35.5 Å². The van der Waals surface area contributed by atoms with E-state index in [0.29, 0.717) is 23.7 Å². The van der Waals surface area contributed by atoms with Crippen LogP contribution in [0.2, 0.25) is 0 Å². The van der Waals surface area contributed by atoms with Crippen LogP contribution < -0.4 is 4.90 Å². The molecule has 5 nitrogen and oxygen atoms in total. The van der Waals surface area contributed by atoms with Crippen molar-refractivity contribution in [3.8, 4) is 0 Å². The van der Waals surface area contributed by atoms with E-state index in [1.54, 1.807) is 12.1 Å². The Bertz CT molecular complexity index is 945. The van der Waals surface area contributed by atoms with Crippen molar-refractivity contribution in [2.24, 2.45) is 0 Å². The van der Waals surface area contributed by atoms with Gasteiger partial charge in [0, 0.05) is 43.1 Å². The highest BCUT2D eigenvalue weighted by atomic mass is 32.2. The number of alkyl halides is 3. The molecule has 0 aliphatic carbocycles. The van der Waals surface area contributed by atoms with Gasteiger partial charge in [0.2, 0.25) is 0 Å². The molecular formula is C23H27F3N4OS. The van der Waals surface area contributed by atoms with E-state index in [2.05, 4.69) is 9.97 Å². The smallest absolute Gasteiger partial charge is 0.354 e. The lowest BCUT2D eigenvalue weighted by atomic mass is 10.0. The van der Waals surface area contributed by atoms with Gasteiger partial charge in [-0.25, -0.2) is 9.97 Å². The topological polar surface area (TPSA) is 49.3 Å². The lowest BCUT2D eigenvalue weighted by molar-refractivity contribution is -0.141. The van der Waals surface area contributed by atoms with Gasteiger partial charge in [0.25, 0.3) is 5.91 Å². The normalized spacial score (nSPS) is 19.4. The van der Waals surface area contributed by atoms with Crippen molar-refractivity contribution in [3.05, 3.63) is 47.2 Å². The zero-order valence-corrected chi connectivity index (χ0v) is 18.9. The molecule has 1 atom stereocenters. The number of carbonyl (C=O) groups excluding carboxylic acids is 1. The Balaban J connectivity index is 1.48. The molecule has 0 bridgehead atoms. The third kappa shape index (κ3) is 5.36. The molecule has 0 N–H and O–H groups in total. The van der Waals surface area contributed by atoms with Gasteiger partial charge < -0.3 is 9.80 Å². The molecule has 2 saturated heterocycles. The Labute approximate surface area is 190 Å². The second-order valence-electron chi connectivity index (χ2n) is 8.41. The molecule has 2 aliphatic heterocycles. The fraction of sp³-hybridized carbons (Fsp3) is 0.522. The van der Waals surface area contributed by atoms with Crippen LogP contribution in [0.1, 0.15) is 60.6 Å². The summed E-state index contributed by atoms with van der Waals surface area (Å²) in [5.74, 6) is 0.797.